The Morgan fingerprint density at radius 1 is 1.33 bits per heavy atom. The lowest BCUT2D eigenvalue weighted by Gasteiger charge is -2.24. The summed E-state index contributed by atoms with van der Waals surface area (Å²) < 4.78 is 2.25. The van der Waals surface area contributed by atoms with Crippen LogP contribution in [0.5, 0.6) is 0 Å². The van der Waals surface area contributed by atoms with Gasteiger partial charge >= 0.3 is 0 Å². The van der Waals surface area contributed by atoms with Crippen LogP contribution >= 0.6 is 0 Å². The van der Waals surface area contributed by atoms with Crippen LogP contribution in [0.3, 0.4) is 0 Å². The molecule has 2 aliphatic heterocycles. The van der Waals surface area contributed by atoms with Crippen molar-refractivity contribution in [2.75, 3.05) is 20.2 Å². The van der Waals surface area contributed by atoms with Crippen molar-refractivity contribution < 1.29 is 5.11 Å². The van der Waals surface area contributed by atoms with E-state index in [1.54, 1.807) is 0 Å². The molecule has 2 atom stereocenters. The van der Waals surface area contributed by atoms with E-state index in [-0.39, 0.29) is 6.61 Å². The molecule has 18 heavy (non-hydrogen) atoms. The molecule has 2 unspecified atom stereocenters. The maximum absolute atomic E-state index is 9.31. The van der Waals surface area contributed by atoms with Gasteiger partial charge in [-0.1, -0.05) is 0 Å². The van der Waals surface area contributed by atoms with Gasteiger partial charge in [0.2, 0.25) is 0 Å². The largest absolute Gasteiger partial charge is 0.396 e. The Kier molecular flexibility index (Phi) is 3.35. The molecule has 3 rings (SSSR count). The van der Waals surface area contributed by atoms with E-state index in [9.17, 15) is 5.11 Å². The molecular weight excluding hydrogens is 228 g/mol. The third-order valence-electron chi connectivity index (χ3n) is 4.47. The number of aryl methyl sites for hydroxylation is 1. The zero-order valence-corrected chi connectivity index (χ0v) is 11.0. The summed E-state index contributed by atoms with van der Waals surface area (Å²) in [5.74, 6) is 2.60. The van der Waals surface area contributed by atoms with Gasteiger partial charge in [-0.15, -0.1) is 10.2 Å². The van der Waals surface area contributed by atoms with Gasteiger partial charge in [-0.05, 0) is 32.9 Å². The molecule has 1 aromatic heterocycles. The fourth-order valence-corrected chi connectivity index (χ4v) is 3.20. The number of aliphatic hydroxyl groups excluding tert-OH is 1. The van der Waals surface area contributed by atoms with E-state index in [0.29, 0.717) is 12.0 Å². The van der Waals surface area contributed by atoms with E-state index < -0.39 is 0 Å². The molecule has 1 saturated heterocycles. The van der Waals surface area contributed by atoms with Crippen LogP contribution in [-0.2, 0) is 19.4 Å². The van der Waals surface area contributed by atoms with E-state index in [2.05, 4.69) is 26.7 Å². The summed E-state index contributed by atoms with van der Waals surface area (Å²) in [6.45, 7) is 2.37. The van der Waals surface area contributed by atoms with Crippen LogP contribution in [0, 0.1) is 5.92 Å². The highest BCUT2D eigenvalue weighted by Crippen LogP contribution is 2.23. The lowest BCUT2D eigenvalue weighted by atomic mass is 10.00. The van der Waals surface area contributed by atoms with Gasteiger partial charge in [-0.25, -0.2) is 0 Å². The second kappa shape index (κ2) is 4.97. The van der Waals surface area contributed by atoms with Gasteiger partial charge in [-0.3, -0.25) is 0 Å². The first-order chi connectivity index (χ1) is 8.78. The van der Waals surface area contributed by atoms with Crippen molar-refractivity contribution in [1.82, 2.24) is 19.7 Å². The first-order valence-electron chi connectivity index (χ1n) is 7.00. The second-order valence-electron chi connectivity index (χ2n) is 5.71. The molecule has 100 valence electrons. The summed E-state index contributed by atoms with van der Waals surface area (Å²) in [5.41, 5.74) is 0. The maximum atomic E-state index is 9.31. The first-order valence-corrected chi connectivity index (χ1v) is 7.00. The molecule has 0 aromatic carbocycles. The van der Waals surface area contributed by atoms with Crippen LogP contribution in [0.1, 0.15) is 30.9 Å². The van der Waals surface area contributed by atoms with Gasteiger partial charge < -0.3 is 14.6 Å². The highest BCUT2D eigenvalue weighted by atomic mass is 16.3. The summed E-state index contributed by atoms with van der Waals surface area (Å²) in [7, 11) is 2.20. The average Bonchev–Trinajstić information content (AvgIpc) is 2.97. The minimum absolute atomic E-state index is 0.278. The van der Waals surface area contributed by atoms with Crippen molar-refractivity contribution in [2.45, 2.75) is 44.7 Å². The first kappa shape index (κ1) is 12.1. The molecule has 2 aliphatic rings. The highest BCUT2D eigenvalue weighted by Gasteiger charge is 2.26. The monoisotopic (exact) mass is 250 g/mol. The Morgan fingerprint density at radius 2 is 2.22 bits per heavy atom. The second-order valence-corrected chi connectivity index (χ2v) is 5.71. The number of aliphatic hydroxyl groups is 1. The van der Waals surface area contributed by atoms with Crippen molar-refractivity contribution >= 4 is 0 Å². The standard InChI is InChI=1S/C13H22N4O/c1-16-6-2-3-11(16)7-13-15-14-12-5-4-10(9-18)8-17(12)13/h10-11,18H,2-9H2,1H3. The van der Waals surface area contributed by atoms with Crippen LogP contribution in [-0.4, -0.2) is 51.0 Å². The van der Waals surface area contributed by atoms with Crippen molar-refractivity contribution in [3.05, 3.63) is 11.6 Å². The van der Waals surface area contributed by atoms with Gasteiger partial charge in [-0.2, -0.15) is 0 Å². The Bertz CT molecular complexity index is 417. The minimum atomic E-state index is 0.278. The summed E-state index contributed by atoms with van der Waals surface area (Å²) >= 11 is 0. The molecular formula is C13H22N4O. The van der Waals surface area contributed by atoms with Crippen LogP contribution in [0.4, 0.5) is 0 Å². The van der Waals surface area contributed by atoms with Gasteiger partial charge in [0.15, 0.2) is 0 Å². The van der Waals surface area contributed by atoms with Crippen LogP contribution in [0.25, 0.3) is 0 Å². The van der Waals surface area contributed by atoms with Crippen molar-refractivity contribution in [3.8, 4) is 0 Å². The third-order valence-corrected chi connectivity index (χ3v) is 4.47. The molecule has 5 nitrogen and oxygen atoms in total. The number of hydrogen-bond acceptors (Lipinski definition) is 4. The molecule has 0 radical (unpaired) electrons. The summed E-state index contributed by atoms with van der Waals surface area (Å²) in [5, 5.41) is 18.0. The minimum Gasteiger partial charge on any atom is -0.396 e. The SMILES string of the molecule is CN1CCCC1Cc1nnc2n1CC(CO)CC2. The summed E-state index contributed by atoms with van der Waals surface area (Å²) in [6, 6.07) is 0.618. The van der Waals surface area contributed by atoms with E-state index in [0.717, 1.165) is 37.5 Å². The molecule has 1 N–H and O–H groups in total. The molecule has 0 amide bonds. The third kappa shape index (κ3) is 2.17. The molecule has 0 saturated carbocycles. The molecule has 0 spiro atoms. The van der Waals surface area contributed by atoms with Gasteiger partial charge in [0.05, 0.1) is 0 Å². The molecule has 0 aliphatic carbocycles. The normalized spacial score (nSPS) is 28.6. The lowest BCUT2D eigenvalue weighted by molar-refractivity contribution is 0.188. The fourth-order valence-electron chi connectivity index (χ4n) is 3.20. The summed E-state index contributed by atoms with van der Waals surface area (Å²) in [4.78, 5) is 2.42. The Balaban J connectivity index is 1.75. The Labute approximate surface area is 108 Å². The average molecular weight is 250 g/mol. The van der Waals surface area contributed by atoms with Crippen LogP contribution in [0.15, 0.2) is 0 Å². The predicted octanol–water partition coefficient (Wildman–Crippen LogP) is 0.469. The van der Waals surface area contributed by atoms with Gasteiger partial charge in [0.25, 0.3) is 0 Å². The van der Waals surface area contributed by atoms with Crippen molar-refractivity contribution in [3.63, 3.8) is 0 Å². The molecule has 0 bridgehead atoms. The van der Waals surface area contributed by atoms with Gasteiger partial charge in [0.1, 0.15) is 11.6 Å². The summed E-state index contributed by atoms with van der Waals surface area (Å²) in [6.07, 6.45) is 5.56. The number of fused-ring (bicyclic) bond motifs is 1. The fraction of sp³-hybridized carbons (Fsp3) is 0.846. The maximum Gasteiger partial charge on any atom is 0.134 e. The van der Waals surface area contributed by atoms with Gasteiger partial charge in [0, 0.05) is 38.0 Å². The van der Waals surface area contributed by atoms with E-state index in [1.807, 2.05) is 0 Å². The number of likely N-dealkylation sites (N-methyl/N-ethyl adjacent to an activating group) is 1. The molecule has 1 aromatic rings. The van der Waals surface area contributed by atoms with Crippen molar-refractivity contribution in [1.29, 1.82) is 0 Å². The quantitative estimate of drug-likeness (QED) is 0.847. The van der Waals surface area contributed by atoms with E-state index in [4.69, 9.17) is 0 Å². The molecule has 1 fully saturated rings. The number of rotatable bonds is 3. The van der Waals surface area contributed by atoms with Crippen LogP contribution < -0.4 is 0 Å². The highest BCUT2D eigenvalue weighted by molar-refractivity contribution is 5.02. The Hall–Kier alpha value is -0.940. The lowest BCUT2D eigenvalue weighted by Crippen LogP contribution is -2.30. The number of aromatic nitrogens is 3. The smallest absolute Gasteiger partial charge is 0.134 e. The number of hydrogen-bond donors (Lipinski definition) is 1. The Morgan fingerprint density at radius 3 is 2.94 bits per heavy atom. The molecule has 5 heteroatoms. The number of nitrogens with zero attached hydrogens (tertiary/aromatic N) is 4. The van der Waals surface area contributed by atoms with Crippen molar-refractivity contribution in [2.24, 2.45) is 5.92 Å². The van der Waals surface area contributed by atoms with E-state index in [1.165, 1.54) is 19.4 Å². The predicted molar refractivity (Wildman–Crippen MR) is 68.3 cm³/mol. The zero-order chi connectivity index (χ0) is 12.5. The molecule has 3 heterocycles. The van der Waals surface area contributed by atoms with E-state index >= 15 is 0 Å². The topological polar surface area (TPSA) is 54.2 Å². The zero-order valence-electron chi connectivity index (χ0n) is 11.0. The van der Waals surface area contributed by atoms with Crippen LogP contribution in [0.2, 0.25) is 0 Å². The number of likely N-dealkylation sites (tertiary alicyclic amines) is 1.